The summed E-state index contributed by atoms with van der Waals surface area (Å²) in [6.45, 7) is 0.129. The molecule has 10 heavy (non-hydrogen) atoms. The Hall–Kier alpha value is -1.38. The molecule has 3 heteroatoms. The topological polar surface area (TPSA) is 41.5 Å². The number of benzene rings is 1. The van der Waals surface area contributed by atoms with Crippen LogP contribution in [0.25, 0.3) is 0 Å². The number of hydrogen-bond donors (Lipinski definition) is 1. The van der Waals surface area contributed by atoms with Crippen LogP contribution in [0.4, 0.5) is 5.69 Å². The lowest BCUT2D eigenvalue weighted by atomic mass is 10.3. The fourth-order valence-corrected chi connectivity index (χ4v) is 0.680. The highest BCUT2D eigenvalue weighted by Gasteiger charge is 1.84. The van der Waals surface area contributed by atoms with Crippen LogP contribution in [0.2, 0.25) is 0 Å². The second kappa shape index (κ2) is 3.61. The molecule has 52 valence electrons. The van der Waals surface area contributed by atoms with E-state index in [4.69, 9.17) is 0 Å². The van der Waals surface area contributed by atoms with Gasteiger partial charge in [-0.05, 0) is 17.3 Å². The molecule has 1 rings (SSSR count). The molecule has 0 aliphatic carbocycles. The van der Waals surface area contributed by atoms with Gasteiger partial charge in [0, 0.05) is 5.69 Å². The predicted molar refractivity (Wildman–Crippen MR) is 40.7 cm³/mol. The highest BCUT2D eigenvalue weighted by atomic mass is 16.3. The molecule has 0 fully saturated rings. The zero-order chi connectivity index (χ0) is 7.23. The minimum atomic E-state index is 0.129. The summed E-state index contributed by atoms with van der Waals surface area (Å²) in [5.74, 6) is 0. The summed E-state index contributed by atoms with van der Waals surface area (Å²) in [4.78, 5) is 9.67. The molecule has 0 aromatic heterocycles. The summed E-state index contributed by atoms with van der Waals surface area (Å²) in [7, 11) is 0. The van der Waals surface area contributed by atoms with Gasteiger partial charge in [-0.15, -0.1) is 4.91 Å². The Morgan fingerprint density at radius 2 is 2.00 bits per heavy atom. The Balaban J connectivity index is 2.50. The third-order valence-electron chi connectivity index (χ3n) is 1.12. The number of nitrogens with zero attached hydrogens (tertiary/aromatic N) is 1. The summed E-state index contributed by atoms with van der Waals surface area (Å²) < 4.78 is 0. The number of nitrogens with one attached hydrogen (secondary N) is 1. The molecule has 0 atom stereocenters. The molecule has 0 spiro atoms. The van der Waals surface area contributed by atoms with Crippen LogP contribution in [0, 0.1) is 4.91 Å². The standard InChI is InChI=1S/C7H8N2O/c10-9-6-8-7-4-2-1-3-5-7/h1-5,8H,6H2. The van der Waals surface area contributed by atoms with Gasteiger partial charge in [-0.1, -0.05) is 18.2 Å². The molecule has 0 radical (unpaired) electrons. The van der Waals surface area contributed by atoms with E-state index < -0.39 is 0 Å². The Labute approximate surface area is 59.0 Å². The van der Waals surface area contributed by atoms with Gasteiger partial charge in [0.25, 0.3) is 0 Å². The average Bonchev–Trinajstić information content (AvgIpc) is 2.03. The predicted octanol–water partition coefficient (Wildman–Crippen LogP) is 1.82. The molecule has 0 amide bonds. The molecule has 0 saturated heterocycles. The largest absolute Gasteiger partial charge is 0.363 e. The lowest BCUT2D eigenvalue weighted by Gasteiger charge is -1.97. The molecule has 1 aromatic rings. The van der Waals surface area contributed by atoms with E-state index in [1.54, 1.807) is 0 Å². The van der Waals surface area contributed by atoms with E-state index in [0.717, 1.165) is 5.69 Å². The molecule has 0 aliphatic heterocycles. The molecule has 0 saturated carbocycles. The van der Waals surface area contributed by atoms with Crippen molar-refractivity contribution in [1.29, 1.82) is 0 Å². The SMILES string of the molecule is O=NCNc1ccccc1. The molecular weight excluding hydrogens is 128 g/mol. The zero-order valence-corrected chi connectivity index (χ0v) is 5.45. The van der Waals surface area contributed by atoms with Gasteiger partial charge in [0.2, 0.25) is 0 Å². The monoisotopic (exact) mass is 136 g/mol. The van der Waals surface area contributed by atoms with Crippen molar-refractivity contribution in [2.75, 3.05) is 12.0 Å². The van der Waals surface area contributed by atoms with E-state index in [1.807, 2.05) is 30.3 Å². The van der Waals surface area contributed by atoms with Crippen molar-refractivity contribution in [2.45, 2.75) is 0 Å². The van der Waals surface area contributed by atoms with Crippen molar-refractivity contribution in [2.24, 2.45) is 5.18 Å². The molecule has 0 heterocycles. The first-order valence-corrected chi connectivity index (χ1v) is 3.01. The maximum Gasteiger partial charge on any atom is 0.150 e. The lowest BCUT2D eigenvalue weighted by molar-refractivity contribution is 1.13. The molecule has 0 aliphatic rings. The van der Waals surface area contributed by atoms with E-state index in [9.17, 15) is 4.91 Å². The van der Waals surface area contributed by atoms with Crippen LogP contribution in [0.5, 0.6) is 0 Å². The van der Waals surface area contributed by atoms with E-state index >= 15 is 0 Å². The van der Waals surface area contributed by atoms with Gasteiger partial charge in [-0.3, -0.25) is 0 Å². The van der Waals surface area contributed by atoms with Crippen molar-refractivity contribution in [3.05, 3.63) is 35.2 Å². The van der Waals surface area contributed by atoms with E-state index in [-0.39, 0.29) is 6.67 Å². The Kier molecular flexibility index (Phi) is 2.43. The smallest absolute Gasteiger partial charge is 0.150 e. The fourth-order valence-electron chi connectivity index (χ4n) is 0.680. The molecule has 1 N–H and O–H groups in total. The van der Waals surface area contributed by atoms with Crippen LogP contribution >= 0.6 is 0 Å². The van der Waals surface area contributed by atoms with Crippen LogP contribution in [-0.2, 0) is 0 Å². The molecular formula is C7H8N2O. The normalized spacial score (nSPS) is 8.80. The van der Waals surface area contributed by atoms with Gasteiger partial charge in [-0.2, -0.15) is 0 Å². The van der Waals surface area contributed by atoms with Gasteiger partial charge in [0.15, 0.2) is 0 Å². The maximum atomic E-state index is 9.67. The third-order valence-corrected chi connectivity index (χ3v) is 1.12. The third kappa shape index (κ3) is 1.85. The van der Waals surface area contributed by atoms with Crippen molar-refractivity contribution < 1.29 is 0 Å². The summed E-state index contributed by atoms with van der Waals surface area (Å²) in [6.07, 6.45) is 0. The molecule has 3 nitrogen and oxygen atoms in total. The van der Waals surface area contributed by atoms with Crippen molar-refractivity contribution >= 4 is 5.69 Å². The molecule has 0 unspecified atom stereocenters. The van der Waals surface area contributed by atoms with Crippen LogP contribution in [0.1, 0.15) is 0 Å². The minimum Gasteiger partial charge on any atom is -0.363 e. The average molecular weight is 136 g/mol. The van der Waals surface area contributed by atoms with E-state index in [1.165, 1.54) is 0 Å². The Morgan fingerprint density at radius 1 is 1.30 bits per heavy atom. The number of anilines is 1. The van der Waals surface area contributed by atoms with Gasteiger partial charge < -0.3 is 5.32 Å². The summed E-state index contributed by atoms with van der Waals surface area (Å²) in [5, 5.41) is 5.48. The second-order valence-electron chi connectivity index (χ2n) is 1.83. The number of nitroso groups, excluding NO2 is 1. The highest BCUT2D eigenvalue weighted by Crippen LogP contribution is 2.03. The first-order chi connectivity index (χ1) is 4.93. The van der Waals surface area contributed by atoms with Crippen molar-refractivity contribution in [3.8, 4) is 0 Å². The number of para-hydroxylation sites is 1. The van der Waals surface area contributed by atoms with Crippen LogP contribution in [0.15, 0.2) is 35.5 Å². The highest BCUT2D eigenvalue weighted by molar-refractivity contribution is 5.42. The maximum absolute atomic E-state index is 9.67. The number of rotatable bonds is 3. The fraction of sp³-hybridized carbons (Fsp3) is 0.143. The minimum absolute atomic E-state index is 0.129. The zero-order valence-electron chi connectivity index (χ0n) is 5.45. The van der Waals surface area contributed by atoms with Gasteiger partial charge >= 0.3 is 0 Å². The van der Waals surface area contributed by atoms with Crippen molar-refractivity contribution in [3.63, 3.8) is 0 Å². The molecule has 1 aromatic carbocycles. The van der Waals surface area contributed by atoms with Gasteiger partial charge in [0.1, 0.15) is 6.67 Å². The van der Waals surface area contributed by atoms with Gasteiger partial charge in [-0.25, -0.2) is 0 Å². The second-order valence-corrected chi connectivity index (χ2v) is 1.83. The van der Waals surface area contributed by atoms with Crippen molar-refractivity contribution in [1.82, 2.24) is 0 Å². The van der Waals surface area contributed by atoms with E-state index in [0.29, 0.717) is 0 Å². The lowest BCUT2D eigenvalue weighted by Crippen LogP contribution is -1.95. The molecule has 0 bridgehead atoms. The summed E-state index contributed by atoms with van der Waals surface area (Å²) in [5.41, 5.74) is 0.919. The quantitative estimate of drug-likeness (QED) is 0.644. The first kappa shape index (κ1) is 6.74. The van der Waals surface area contributed by atoms with Gasteiger partial charge in [0.05, 0.1) is 0 Å². The summed E-state index contributed by atoms with van der Waals surface area (Å²) in [6, 6.07) is 9.47. The van der Waals surface area contributed by atoms with E-state index in [2.05, 4.69) is 10.5 Å². The van der Waals surface area contributed by atoms with Crippen LogP contribution in [0.3, 0.4) is 0 Å². The Bertz CT molecular complexity index is 198. The summed E-state index contributed by atoms with van der Waals surface area (Å²) >= 11 is 0. The van der Waals surface area contributed by atoms with Crippen LogP contribution in [-0.4, -0.2) is 6.67 Å². The Morgan fingerprint density at radius 3 is 2.60 bits per heavy atom. The first-order valence-electron chi connectivity index (χ1n) is 3.01. The van der Waals surface area contributed by atoms with Crippen LogP contribution < -0.4 is 5.32 Å². The number of hydrogen-bond acceptors (Lipinski definition) is 3.